The molecule has 31 heavy (non-hydrogen) atoms. The highest BCUT2D eigenvalue weighted by atomic mass is 16.4. The molecule has 0 fully saturated rings. The van der Waals surface area contributed by atoms with Crippen molar-refractivity contribution in [2.75, 3.05) is 13.1 Å². The van der Waals surface area contributed by atoms with Crippen LogP contribution in [0, 0.1) is 5.92 Å². The van der Waals surface area contributed by atoms with Gasteiger partial charge in [0.25, 0.3) is 0 Å². The molecule has 9 N–H and O–H groups in total. The molecule has 0 aliphatic rings. The number of nitrogens with one attached hydrogen (secondary N) is 3. The fourth-order valence-corrected chi connectivity index (χ4v) is 2.65. The van der Waals surface area contributed by atoms with E-state index in [9.17, 15) is 24.0 Å². The first-order chi connectivity index (χ1) is 14.5. The van der Waals surface area contributed by atoms with Gasteiger partial charge in [-0.05, 0) is 31.7 Å². The Morgan fingerprint density at radius 2 is 1.61 bits per heavy atom. The second-order valence-electron chi connectivity index (χ2n) is 7.37. The molecule has 0 spiro atoms. The minimum absolute atomic E-state index is 0.245. The van der Waals surface area contributed by atoms with Crippen LogP contribution in [-0.4, -0.2) is 71.1 Å². The van der Waals surface area contributed by atoms with Gasteiger partial charge in [-0.25, -0.2) is 4.79 Å². The number of carbonyl (C=O) groups is 5. The summed E-state index contributed by atoms with van der Waals surface area (Å²) in [7, 11) is 0. The van der Waals surface area contributed by atoms with Crippen LogP contribution in [0.1, 0.15) is 52.4 Å². The van der Waals surface area contributed by atoms with E-state index in [-0.39, 0.29) is 12.3 Å². The van der Waals surface area contributed by atoms with Crippen molar-refractivity contribution in [2.24, 2.45) is 17.4 Å². The number of carboxylic acid groups (broad SMARTS) is 2. The van der Waals surface area contributed by atoms with E-state index in [1.54, 1.807) is 6.92 Å². The zero-order valence-electron chi connectivity index (χ0n) is 18.1. The van der Waals surface area contributed by atoms with Crippen molar-refractivity contribution >= 4 is 29.7 Å². The number of carbonyl (C=O) groups excluding carboxylic acids is 3. The average Bonchev–Trinajstić information content (AvgIpc) is 2.71. The van der Waals surface area contributed by atoms with Gasteiger partial charge in [0.2, 0.25) is 17.7 Å². The summed E-state index contributed by atoms with van der Waals surface area (Å²) in [6.07, 6.45) is 1.68. The summed E-state index contributed by atoms with van der Waals surface area (Å²) < 4.78 is 0. The third-order valence-electron chi connectivity index (χ3n) is 4.80. The molecule has 4 unspecified atom stereocenters. The molecule has 0 saturated carbocycles. The van der Waals surface area contributed by atoms with Crippen LogP contribution in [0.25, 0.3) is 0 Å². The smallest absolute Gasteiger partial charge is 0.326 e. The predicted octanol–water partition coefficient (Wildman–Crippen LogP) is -1.48. The van der Waals surface area contributed by atoms with Crippen LogP contribution in [0.5, 0.6) is 0 Å². The summed E-state index contributed by atoms with van der Waals surface area (Å²) in [4.78, 5) is 58.6. The largest absolute Gasteiger partial charge is 0.481 e. The topological polar surface area (TPSA) is 214 Å². The lowest BCUT2D eigenvalue weighted by Gasteiger charge is -2.25. The fraction of sp³-hybridized carbons (Fsp3) is 0.737. The molecular weight excluding hydrogens is 410 g/mol. The molecule has 0 aromatic heterocycles. The summed E-state index contributed by atoms with van der Waals surface area (Å²) in [6, 6.07) is -3.11. The molecule has 0 aromatic carbocycles. The van der Waals surface area contributed by atoms with Crippen LogP contribution >= 0.6 is 0 Å². The number of unbranched alkanes of at least 4 members (excludes halogenated alkanes) is 1. The van der Waals surface area contributed by atoms with E-state index in [4.69, 9.17) is 21.7 Å². The van der Waals surface area contributed by atoms with Gasteiger partial charge in [-0.1, -0.05) is 26.7 Å². The number of nitrogens with two attached hydrogens (primary N) is 2. The van der Waals surface area contributed by atoms with Gasteiger partial charge in [0, 0.05) is 6.42 Å². The van der Waals surface area contributed by atoms with Crippen molar-refractivity contribution in [3.8, 4) is 0 Å². The van der Waals surface area contributed by atoms with Gasteiger partial charge >= 0.3 is 11.9 Å². The van der Waals surface area contributed by atoms with Crippen molar-refractivity contribution in [3.05, 3.63) is 0 Å². The maximum Gasteiger partial charge on any atom is 0.326 e. The fourth-order valence-electron chi connectivity index (χ4n) is 2.65. The van der Waals surface area contributed by atoms with Crippen molar-refractivity contribution < 1.29 is 34.2 Å². The van der Waals surface area contributed by atoms with Gasteiger partial charge in [-0.15, -0.1) is 0 Å². The molecule has 4 atom stereocenters. The summed E-state index contributed by atoms with van der Waals surface area (Å²) in [5.41, 5.74) is 11.3. The van der Waals surface area contributed by atoms with Crippen molar-refractivity contribution in [2.45, 2.75) is 70.5 Å². The minimum Gasteiger partial charge on any atom is -0.481 e. The minimum atomic E-state index is -1.39. The molecule has 12 nitrogen and oxygen atoms in total. The Bertz CT molecular complexity index is 629. The first-order valence-electron chi connectivity index (χ1n) is 10.3. The molecule has 3 amide bonds. The van der Waals surface area contributed by atoms with E-state index in [1.165, 1.54) is 0 Å². The second kappa shape index (κ2) is 15.1. The second-order valence-corrected chi connectivity index (χ2v) is 7.37. The van der Waals surface area contributed by atoms with Crippen molar-refractivity contribution in [3.63, 3.8) is 0 Å². The Balaban J connectivity index is 4.82. The molecule has 12 heteroatoms. The highest BCUT2D eigenvalue weighted by molar-refractivity contribution is 5.92. The third kappa shape index (κ3) is 11.9. The van der Waals surface area contributed by atoms with Crippen LogP contribution in [-0.2, 0) is 24.0 Å². The molecule has 0 heterocycles. The van der Waals surface area contributed by atoms with Gasteiger partial charge < -0.3 is 37.6 Å². The van der Waals surface area contributed by atoms with Gasteiger partial charge in [0.1, 0.15) is 12.1 Å². The van der Waals surface area contributed by atoms with Gasteiger partial charge in [-0.3, -0.25) is 19.2 Å². The molecule has 0 rings (SSSR count). The highest BCUT2D eigenvalue weighted by Crippen LogP contribution is 2.09. The Morgan fingerprint density at radius 1 is 0.968 bits per heavy atom. The van der Waals surface area contributed by atoms with Crippen LogP contribution in [0.4, 0.5) is 0 Å². The highest BCUT2D eigenvalue weighted by Gasteiger charge is 2.28. The van der Waals surface area contributed by atoms with Crippen LogP contribution in [0.3, 0.4) is 0 Å². The Morgan fingerprint density at radius 3 is 2.13 bits per heavy atom. The predicted molar refractivity (Wildman–Crippen MR) is 112 cm³/mol. The number of aliphatic carboxylic acids is 2. The lowest BCUT2D eigenvalue weighted by atomic mass is 9.97. The first kappa shape index (κ1) is 28.3. The zero-order valence-corrected chi connectivity index (χ0v) is 18.1. The average molecular weight is 446 g/mol. The summed E-state index contributed by atoms with van der Waals surface area (Å²) in [5, 5.41) is 24.9. The number of hydrogen-bond acceptors (Lipinski definition) is 7. The Labute approximate surface area is 181 Å². The summed E-state index contributed by atoms with van der Waals surface area (Å²) >= 11 is 0. The number of amides is 3. The van der Waals surface area contributed by atoms with E-state index in [0.29, 0.717) is 25.8 Å². The maximum absolute atomic E-state index is 12.5. The van der Waals surface area contributed by atoms with Gasteiger partial charge in [0.05, 0.1) is 12.6 Å². The Kier molecular flexibility index (Phi) is 13.8. The molecule has 178 valence electrons. The molecular formula is C19H35N5O7. The number of rotatable bonds is 16. The van der Waals surface area contributed by atoms with E-state index in [2.05, 4.69) is 16.0 Å². The number of hydrogen-bond donors (Lipinski definition) is 7. The van der Waals surface area contributed by atoms with E-state index in [0.717, 1.165) is 6.42 Å². The first-order valence-corrected chi connectivity index (χ1v) is 10.3. The molecule has 0 saturated heterocycles. The van der Waals surface area contributed by atoms with Crippen molar-refractivity contribution in [1.29, 1.82) is 0 Å². The number of carboxylic acids is 2. The summed E-state index contributed by atoms with van der Waals surface area (Å²) in [6.45, 7) is 3.57. The maximum atomic E-state index is 12.5. The van der Waals surface area contributed by atoms with E-state index >= 15 is 0 Å². The van der Waals surface area contributed by atoms with Crippen molar-refractivity contribution in [1.82, 2.24) is 16.0 Å². The molecule has 0 radical (unpaired) electrons. The third-order valence-corrected chi connectivity index (χ3v) is 4.80. The quantitative estimate of drug-likeness (QED) is 0.138. The standard InChI is InChI=1S/C19H35N5O7/c1-3-11(2)16(24-17(28)12(21)6-4-5-9-20)18(29)22-10-14(25)23-13(19(30)31)7-8-15(26)27/h11-13,16H,3-10,20-21H2,1-2H3,(H,22,29)(H,23,25)(H,24,28)(H,26,27)(H,30,31). The normalized spacial score (nSPS) is 14.6. The lowest BCUT2D eigenvalue weighted by Crippen LogP contribution is -2.55. The zero-order chi connectivity index (χ0) is 24.0. The summed E-state index contributed by atoms with van der Waals surface area (Å²) in [5.74, 6) is -4.70. The van der Waals surface area contributed by atoms with Gasteiger partial charge in [0.15, 0.2) is 0 Å². The lowest BCUT2D eigenvalue weighted by molar-refractivity contribution is -0.143. The van der Waals surface area contributed by atoms with E-state index in [1.807, 2.05) is 6.92 Å². The van der Waals surface area contributed by atoms with E-state index < -0.39 is 60.8 Å². The molecule has 0 aromatic rings. The Hall–Kier alpha value is -2.73. The van der Waals surface area contributed by atoms with Crippen LogP contribution in [0.2, 0.25) is 0 Å². The molecule has 0 aliphatic carbocycles. The van der Waals surface area contributed by atoms with Crippen LogP contribution < -0.4 is 27.4 Å². The van der Waals surface area contributed by atoms with Gasteiger partial charge in [-0.2, -0.15) is 0 Å². The SMILES string of the molecule is CCC(C)C(NC(=O)C(N)CCCCN)C(=O)NCC(=O)NC(CCC(=O)O)C(=O)O. The molecule has 0 aliphatic heterocycles. The monoisotopic (exact) mass is 445 g/mol. The molecule has 0 bridgehead atoms. The van der Waals surface area contributed by atoms with Crippen LogP contribution in [0.15, 0.2) is 0 Å².